The summed E-state index contributed by atoms with van der Waals surface area (Å²) in [6, 6.07) is 8.67. The van der Waals surface area contributed by atoms with E-state index in [4.69, 9.17) is 10.8 Å². The Balaban J connectivity index is 2.89. The highest BCUT2D eigenvalue weighted by Crippen LogP contribution is 2.18. The predicted octanol–water partition coefficient (Wildman–Crippen LogP) is 0.730. The lowest BCUT2D eigenvalue weighted by Gasteiger charge is -2.10. The molecule has 0 bridgehead atoms. The van der Waals surface area contributed by atoms with E-state index in [0.717, 1.165) is 0 Å². The fourth-order valence-corrected chi connectivity index (χ4v) is 1.24. The minimum Gasteiger partial charge on any atom is -0.481 e. The molecular weight excluding hydrogens is 182 g/mol. The first-order valence-corrected chi connectivity index (χ1v) is 4.17. The summed E-state index contributed by atoms with van der Waals surface area (Å²) in [5, 5.41) is 8.59. The van der Waals surface area contributed by atoms with Crippen LogP contribution in [-0.4, -0.2) is 17.0 Å². The molecule has 1 aromatic rings. The summed E-state index contributed by atoms with van der Waals surface area (Å²) in [5.74, 6) is -2.38. The van der Waals surface area contributed by atoms with Gasteiger partial charge in [0, 0.05) is 0 Å². The van der Waals surface area contributed by atoms with Crippen molar-refractivity contribution in [2.75, 3.05) is 0 Å². The number of benzene rings is 1. The van der Waals surface area contributed by atoms with E-state index in [1.165, 1.54) is 0 Å². The van der Waals surface area contributed by atoms with E-state index in [0.29, 0.717) is 5.56 Å². The highest BCUT2D eigenvalue weighted by Gasteiger charge is 2.20. The topological polar surface area (TPSA) is 80.4 Å². The second-order valence-electron chi connectivity index (χ2n) is 2.96. The van der Waals surface area contributed by atoms with Gasteiger partial charge in [-0.05, 0) is 5.56 Å². The van der Waals surface area contributed by atoms with E-state index >= 15 is 0 Å². The summed E-state index contributed by atoms with van der Waals surface area (Å²) in [7, 11) is 0. The molecule has 0 radical (unpaired) electrons. The minimum absolute atomic E-state index is 0.265. The summed E-state index contributed by atoms with van der Waals surface area (Å²) in [4.78, 5) is 21.5. The zero-order chi connectivity index (χ0) is 10.6. The Labute approximate surface area is 81.3 Å². The molecule has 0 saturated heterocycles. The van der Waals surface area contributed by atoms with Gasteiger partial charge in [-0.1, -0.05) is 30.3 Å². The summed E-state index contributed by atoms with van der Waals surface area (Å²) in [6.07, 6.45) is -0.265. The number of carbonyl (C=O) groups excluding carboxylic acids is 1. The maximum absolute atomic E-state index is 11.0. The van der Waals surface area contributed by atoms with Gasteiger partial charge in [-0.25, -0.2) is 0 Å². The van der Waals surface area contributed by atoms with Crippen LogP contribution in [0, 0.1) is 0 Å². The Morgan fingerprint density at radius 1 is 1.29 bits per heavy atom. The van der Waals surface area contributed by atoms with Crippen molar-refractivity contribution in [3.8, 4) is 0 Å². The third-order valence-corrected chi connectivity index (χ3v) is 1.92. The molecule has 0 aliphatic heterocycles. The first-order valence-electron chi connectivity index (χ1n) is 4.17. The van der Waals surface area contributed by atoms with E-state index < -0.39 is 17.8 Å². The molecule has 0 aromatic heterocycles. The van der Waals surface area contributed by atoms with Gasteiger partial charge < -0.3 is 10.8 Å². The van der Waals surface area contributed by atoms with Crippen LogP contribution in [0.3, 0.4) is 0 Å². The normalized spacial score (nSPS) is 12.0. The number of primary amides is 1. The molecule has 4 nitrogen and oxygen atoms in total. The van der Waals surface area contributed by atoms with E-state index in [-0.39, 0.29) is 6.42 Å². The van der Waals surface area contributed by atoms with Crippen molar-refractivity contribution in [2.24, 2.45) is 5.73 Å². The van der Waals surface area contributed by atoms with Crippen LogP contribution in [0.25, 0.3) is 0 Å². The van der Waals surface area contributed by atoms with Crippen LogP contribution < -0.4 is 5.73 Å². The van der Waals surface area contributed by atoms with Gasteiger partial charge in [0.25, 0.3) is 0 Å². The quantitative estimate of drug-likeness (QED) is 0.739. The first-order chi connectivity index (χ1) is 6.61. The highest BCUT2D eigenvalue weighted by molar-refractivity contribution is 5.86. The Morgan fingerprint density at radius 2 is 1.86 bits per heavy atom. The van der Waals surface area contributed by atoms with Crippen molar-refractivity contribution in [1.29, 1.82) is 0 Å². The monoisotopic (exact) mass is 193 g/mol. The second-order valence-corrected chi connectivity index (χ2v) is 2.96. The third-order valence-electron chi connectivity index (χ3n) is 1.92. The molecule has 0 spiro atoms. The van der Waals surface area contributed by atoms with Crippen molar-refractivity contribution in [3.63, 3.8) is 0 Å². The molecule has 0 unspecified atom stereocenters. The van der Waals surface area contributed by atoms with Gasteiger partial charge in [0.15, 0.2) is 0 Å². The van der Waals surface area contributed by atoms with Crippen LogP contribution in [0.5, 0.6) is 0 Å². The molecule has 0 aliphatic rings. The Hall–Kier alpha value is -1.84. The van der Waals surface area contributed by atoms with Crippen molar-refractivity contribution in [2.45, 2.75) is 12.3 Å². The number of carboxylic acid groups (broad SMARTS) is 1. The summed E-state index contributed by atoms with van der Waals surface area (Å²) >= 11 is 0. The van der Waals surface area contributed by atoms with Crippen LogP contribution in [0.15, 0.2) is 30.3 Å². The molecule has 14 heavy (non-hydrogen) atoms. The SMILES string of the molecule is NC(=O)[C@@H](CC(=O)O)c1ccccc1. The number of hydrogen-bond donors (Lipinski definition) is 2. The number of carboxylic acids is 1. The number of amides is 1. The number of hydrogen-bond acceptors (Lipinski definition) is 2. The van der Waals surface area contributed by atoms with Crippen molar-refractivity contribution in [1.82, 2.24) is 0 Å². The number of carbonyl (C=O) groups is 2. The Kier molecular flexibility index (Phi) is 3.23. The van der Waals surface area contributed by atoms with E-state index in [2.05, 4.69) is 0 Å². The summed E-state index contributed by atoms with van der Waals surface area (Å²) in [6.45, 7) is 0. The lowest BCUT2D eigenvalue weighted by atomic mass is 9.95. The fraction of sp³-hybridized carbons (Fsp3) is 0.200. The molecule has 1 atom stereocenters. The third kappa shape index (κ3) is 2.58. The maximum Gasteiger partial charge on any atom is 0.304 e. The van der Waals surface area contributed by atoms with Crippen LogP contribution in [0.1, 0.15) is 17.9 Å². The predicted molar refractivity (Wildman–Crippen MR) is 50.6 cm³/mol. The molecular formula is C10H11NO3. The molecule has 4 heteroatoms. The van der Waals surface area contributed by atoms with E-state index in [1.54, 1.807) is 30.3 Å². The van der Waals surface area contributed by atoms with Gasteiger partial charge in [0.1, 0.15) is 0 Å². The van der Waals surface area contributed by atoms with Crippen LogP contribution in [0.4, 0.5) is 0 Å². The largest absolute Gasteiger partial charge is 0.481 e. The minimum atomic E-state index is -1.03. The zero-order valence-electron chi connectivity index (χ0n) is 7.51. The molecule has 3 N–H and O–H groups in total. The molecule has 0 aliphatic carbocycles. The van der Waals surface area contributed by atoms with Crippen molar-refractivity contribution < 1.29 is 14.7 Å². The average Bonchev–Trinajstić information content (AvgIpc) is 2.15. The van der Waals surface area contributed by atoms with E-state index in [9.17, 15) is 9.59 Å². The van der Waals surface area contributed by atoms with Gasteiger partial charge in [-0.2, -0.15) is 0 Å². The van der Waals surface area contributed by atoms with Crippen LogP contribution in [0.2, 0.25) is 0 Å². The number of rotatable bonds is 4. The summed E-state index contributed by atoms with van der Waals surface area (Å²) < 4.78 is 0. The summed E-state index contributed by atoms with van der Waals surface area (Å²) in [5.41, 5.74) is 5.76. The molecule has 0 fully saturated rings. The zero-order valence-corrected chi connectivity index (χ0v) is 7.51. The molecule has 0 heterocycles. The van der Waals surface area contributed by atoms with Crippen molar-refractivity contribution in [3.05, 3.63) is 35.9 Å². The molecule has 1 rings (SSSR count). The smallest absolute Gasteiger partial charge is 0.304 e. The fourth-order valence-electron chi connectivity index (χ4n) is 1.24. The second kappa shape index (κ2) is 4.41. The van der Waals surface area contributed by atoms with Crippen LogP contribution in [-0.2, 0) is 9.59 Å². The highest BCUT2D eigenvalue weighted by atomic mass is 16.4. The van der Waals surface area contributed by atoms with Crippen LogP contribution >= 0.6 is 0 Å². The van der Waals surface area contributed by atoms with Gasteiger partial charge in [0.2, 0.25) is 5.91 Å². The van der Waals surface area contributed by atoms with Gasteiger partial charge in [-0.15, -0.1) is 0 Å². The Morgan fingerprint density at radius 3 is 2.29 bits per heavy atom. The van der Waals surface area contributed by atoms with Gasteiger partial charge in [-0.3, -0.25) is 9.59 Å². The number of aliphatic carboxylic acids is 1. The lowest BCUT2D eigenvalue weighted by Crippen LogP contribution is -2.23. The standard InChI is InChI=1S/C10H11NO3/c11-10(14)8(6-9(12)13)7-4-2-1-3-5-7/h1-5,8H,6H2,(H2,11,14)(H,12,13)/t8-/m0/s1. The average molecular weight is 193 g/mol. The van der Waals surface area contributed by atoms with Crippen molar-refractivity contribution >= 4 is 11.9 Å². The molecule has 0 saturated carbocycles. The van der Waals surface area contributed by atoms with Gasteiger partial charge >= 0.3 is 5.97 Å². The molecule has 1 amide bonds. The van der Waals surface area contributed by atoms with Gasteiger partial charge in [0.05, 0.1) is 12.3 Å². The number of nitrogens with two attached hydrogens (primary N) is 1. The maximum atomic E-state index is 11.0. The van der Waals surface area contributed by atoms with E-state index in [1.807, 2.05) is 0 Å². The molecule has 74 valence electrons. The molecule has 1 aromatic carbocycles. The Bertz CT molecular complexity index is 334. The lowest BCUT2D eigenvalue weighted by molar-refractivity contribution is -0.139. The first kappa shape index (κ1) is 10.2.